The van der Waals surface area contributed by atoms with Gasteiger partial charge >= 0.3 is 12.0 Å². The summed E-state index contributed by atoms with van der Waals surface area (Å²) in [5, 5.41) is 23.0. The van der Waals surface area contributed by atoms with Crippen LogP contribution in [0.1, 0.15) is 6.92 Å². The molecule has 7 heteroatoms. The predicted octanol–water partition coefficient (Wildman–Crippen LogP) is 1.30. The van der Waals surface area contributed by atoms with E-state index in [2.05, 4.69) is 10.6 Å². The van der Waals surface area contributed by atoms with Gasteiger partial charge in [-0.3, -0.25) is 0 Å². The first-order valence-electron chi connectivity index (χ1n) is 5.14. The highest BCUT2D eigenvalue weighted by atomic mass is 35.5. The van der Waals surface area contributed by atoms with E-state index in [0.29, 0.717) is 10.7 Å². The second-order valence-electron chi connectivity index (χ2n) is 3.67. The van der Waals surface area contributed by atoms with E-state index in [4.69, 9.17) is 16.7 Å². The van der Waals surface area contributed by atoms with Gasteiger partial charge in [0.05, 0.1) is 6.10 Å². The number of hydrogen-bond donors (Lipinski definition) is 4. The second kappa shape index (κ2) is 6.23. The van der Waals surface area contributed by atoms with E-state index in [1.54, 1.807) is 18.2 Å². The van der Waals surface area contributed by atoms with Gasteiger partial charge in [-0.05, 0) is 25.1 Å². The summed E-state index contributed by atoms with van der Waals surface area (Å²) in [6.07, 6.45) is -1.20. The molecule has 0 aliphatic heterocycles. The Morgan fingerprint density at radius 2 is 2.06 bits per heavy atom. The van der Waals surface area contributed by atoms with Crippen molar-refractivity contribution in [2.45, 2.75) is 19.1 Å². The number of carboxylic acids is 1. The smallest absolute Gasteiger partial charge is 0.328 e. The number of carboxylic acid groups (broad SMARTS) is 1. The van der Waals surface area contributed by atoms with E-state index in [1.165, 1.54) is 13.0 Å². The maximum absolute atomic E-state index is 11.5. The van der Waals surface area contributed by atoms with Crippen molar-refractivity contribution in [2.75, 3.05) is 5.32 Å². The average molecular weight is 273 g/mol. The summed E-state index contributed by atoms with van der Waals surface area (Å²) in [5.74, 6) is -1.31. The first kappa shape index (κ1) is 14.3. The van der Waals surface area contributed by atoms with Crippen molar-refractivity contribution in [3.05, 3.63) is 29.3 Å². The quantitative estimate of drug-likeness (QED) is 0.664. The molecule has 6 nitrogen and oxygen atoms in total. The van der Waals surface area contributed by atoms with Crippen molar-refractivity contribution in [3.8, 4) is 0 Å². The minimum absolute atomic E-state index is 0.426. The zero-order valence-corrected chi connectivity index (χ0v) is 10.3. The van der Waals surface area contributed by atoms with Crippen LogP contribution in [0.3, 0.4) is 0 Å². The highest BCUT2D eigenvalue weighted by molar-refractivity contribution is 6.30. The zero-order chi connectivity index (χ0) is 13.7. The zero-order valence-electron chi connectivity index (χ0n) is 9.55. The molecule has 4 N–H and O–H groups in total. The molecule has 2 unspecified atom stereocenters. The predicted molar refractivity (Wildman–Crippen MR) is 66.7 cm³/mol. The van der Waals surface area contributed by atoms with Gasteiger partial charge in [0.15, 0.2) is 6.04 Å². The summed E-state index contributed by atoms with van der Waals surface area (Å²) < 4.78 is 0. The van der Waals surface area contributed by atoms with Crippen molar-refractivity contribution >= 4 is 29.3 Å². The largest absolute Gasteiger partial charge is 0.480 e. The van der Waals surface area contributed by atoms with Crippen molar-refractivity contribution < 1.29 is 19.8 Å². The summed E-state index contributed by atoms with van der Waals surface area (Å²) in [4.78, 5) is 22.3. The minimum Gasteiger partial charge on any atom is -0.480 e. The van der Waals surface area contributed by atoms with Gasteiger partial charge in [0, 0.05) is 10.7 Å². The maximum Gasteiger partial charge on any atom is 0.328 e. The van der Waals surface area contributed by atoms with Crippen LogP contribution in [0, 0.1) is 0 Å². The Bertz CT molecular complexity index is 450. The Labute approximate surface area is 109 Å². The van der Waals surface area contributed by atoms with Gasteiger partial charge in [-0.25, -0.2) is 9.59 Å². The maximum atomic E-state index is 11.5. The molecule has 0 spiro atoms. The Kier molecular flexibility index (Phi) is 4.94. The molecule has 0 aromatic heterocycles. The number of halogens is 1. The number of carbonyl (C=O) groups excluding carboxylic acids is 1. The second-order valence-corrected chi connectivity index (χ2v) is 4.10. The molecule has 0 radical (unpaired) electrons. The molecular weight excluding hydrogens is 260 g/mol. The Balaban J connectivity index is 2.63. The third-order valence-electron chi connectivity index (χ3n) is 2.12. The molecule has 0 aliphatic rings. The first-order valence-corrected chi connectivity index (χ1v) is 5.52. The van der Waals surface area contributed by atoms with Gasteiger partial charge in [0.1, 0.15) is 0 Å². The molecule has 18 heavy (non-hydrogen) atoms. The molecule has 1 aromatic carbocycles. The van der Waals surface area contributed by atoms with Gasteiger partial charge in [-0.15, -0.1) is 0 Å². The van der Waals surface area contributed by atoms with Crippen LogP contribution in [0.4, 0.5) is 10.5 Å². The first-order chi connectivity index (χ1) is 8.40. The topological polar surface area (TPSA) is 98.7 Å². The Morgan fingerprint density at radius 1 is 1.39 bits per heavy atom. The lowest BCUT2D eigenvalue weighted by atomic mass is 10.2. The van der Waals surface area contributed by atoms with Gasteiger partial charge in [-0.2, -0.15) is 0 Å². The molecule has 1 aromatic rings. The number of benzene rings is 1. The molecule has 1 rings (SSSR count). The number of urea groups is 1. The lowest BCUT2D eigenvalue weighted by Crippen LogP contribution is -2.49. The van der Waals surface area contributed by atoms with Crippen molar-refractivity contribution in [3.63, 3.8) is 0 Å². The molecular formula is C11H13ClN2O4. The summed E-state index contributed by atoms with van der Waals surface area (Å²) >= 11 is 5.73. The van der Waals surface area contributed by atoms with E-state index in [9.17, 15) is 14.7 Å². The number of aliphatic hydroxyl groups is 1. The van der Waals surface area contributed by atoms with Crippen molar-refractivity contribution in [2.24, 2.45) is 0 Å². The third kappa shape index (κ3) is 4.23. The summed E-state index contributed by atoms with van der Waals surface area (Å²) in [7, 11) is 0. The molecule has 0 saturated heterocycles. The molecule has 0 bridgehead atoms. The van der Waals surface area contributed by atoms with E-state index >= 15 is 0 Å². The molecule has 0 saturated carbocycles. The molecule has 2 atom stereocenters. The van der Waals surface area contributed by atoms with E-state index in [-0.39, 0.29) is 0 Å². The van der Waals surface area contributed by atoms with Crippen LogP contribution >= 0.6 is 11.6 Å². The van der Waals surface area contributed by atoms with Gasteiger partial charge in [-0.1, -0.05) is 17.7 Å². The van der Waals surface area contributed by atoms with Crippen LogP contribution in [0.25, 0.3) is 0 Å². The fourth-order valence-corrected chi connectivity index (χ4v) is 1.45. The van der Waals surface area contributed by atoms with E-state index in [1.807, 2.05) is 0 Å². The normalized spacial score (nSPS) is 13.5. The molecule has 0 fully saturated rings. The van der Waals surface area contributed by atoms with Crippen LogP contribution in [-0.2, 0) is 4.79 Å². The fraction of sp³-hybridized carbons (Fsp3) is 0.273. The molecule has 0 heterocycles. The summed E-state index contributed by atoms with van der Waals surface area (Å²) in [5.41, 5.74) is 0.426. The highest BCUT2D eigenvalue weighted by Gasteiger charge is 2.24. The van der Waals surface area contributed by atoms with Crippen molar-refractivity contribution in [1.82, 2.24) is 5.32 Å². The van der Waals surface area contributed by atoms with Crippen LogP contribution < -0.4 is 10.6 Å². The van der Waals surface area contributed by atoms with Gasteiger partial charge in [0.2, 0.25) is 0 Å². The SMILES string of the molecule is CC(O)C(NC(=O)Nc1cccc(Cl)c1)C(=O)O. The number of amides is 2. The van der Waals surface area contributed by atoms with Crippen LogP contribution in [0.2, 0.25) is 5.02 Å². The summed E-state index contributed by atoms with van der Waals surface area (Å²) in [6, 6.07) is 4.29. The van der Waals surface area contributed by atoms with Gasteiger partial charge < -0.3 is 20.8 Å². The molecule has 2 amide bonds. The van der Waals surface area contributed by atoms with E-state index < -0.39 is 24.1 Å². The number of aliphatic carboxylic acids is 1. The Hall–Kier alpha value is -1.79. The van der Waals surface area contributed by atoms with Crippen LogP contribution in [-0.4, -0.2) is 34.4 Å². The Morgan fingerprint density at radius 3 is 2.56 bits per heavy atom. The lowest BCUT2D eigenvalue weighted by Gasteiger charge is -2.17. The summed E-state index contributed by atoms with van der Waals surface area (Å²) in [6.45, 7) is 1.28. The number of rotatable bonds is 4. The van der Waals surface area contributed by atoms with Crippen LogP contribution in [0.15, 0.2) is 24.3 Å². The third-order valence-corrected chi connectivity index (χ3v) is 2.35. The van der Waals surface area contributed by atoms with Crippen LogP contribution in [0.5, 0.6) is 0 Å². The average Bonchev–Trinajstić information content (AvgIpc) is 2.25. The number of nitrogens with one attached hydrogen (secondary N) is 2. The highest BCUT2D eigenvalue weighted by Crippen LogP contribution is 2.14. The monoisotopic (exact) mass is 272 g/mol. The molecule has 0 aliphatic carbocycles. The van der Waals surface area contributed by atoms with E-state index in [0.717, 1.165) is 0 Å². The number of hydrogen-bond acceptors (Lipinski definition) is 3. The standard InChI is InChI=1S/C11H13ClN2O4/c1-6(15)9(10(16)17)14-11(18)13-8-4-2-3-7(12)5-8/h2-6,9,15H,1H3,(H,16,17)(H2,13,14,18). The number of carbonyl (C=O) groups is 2. The number of anilines is 1. The molecule has 98 valence electrons. The lowest BCUT2D eigenvalue weighted by molar-refractivity contribution is -0.141. The van der Waals surface area contributed by atoms with Gasteiger partial charge in [0.25, 0.3) is 0 Å². The van der Waals surface area contributed by atoms with Crippen molar-refractivity contribution in [1.29, 1.82) is 0 Å². The fourth-order valence-electron chi connectivity index (χ4n) is 1.26. The number of aliphatic hydroxyl groups excluding tert-OH is 1. The minimum atomic E-state index is -1.37.